The fraction of sp³-hybridized carbons (Fsp3) is 0. The standard InChI is InChI=1S/C7H5NS2/c1-2-6(9-4-1)7-8-3-5-10-7/h1-5H/i3D. The molecule has 0 aliphatic carbocycles. The predicted molar refractivity (Wildman–Crippen MR) is 45.4 cm³/mol. The molecule has 0 saturated heterocycles. The van der Waals surface area contributed by atoms with Crippen molar-refractivity contribution in [3.8, 4) is 9.88 Å². The molecular weight excluding hydrogens is 162 g/mol. The Hall–Kier alpha value is -0.670. The first kappa shape index (κ1) is 5.04. The molecule has 0 aliphatic heterocycles. The van der Waals surface area contributed by atoms with Gasteiger partial charge in [0.2, 0.25) is 0 Å². The molecule has 10 heavy (non-hydrogen) atoms. The van der Waals surface area contributed by atoms with Crippen molar-refractivity contribution in [3.05, 3.63) is 29.1 Å². The Balaban J connectivity index is 2.45. The molecule has 0 atom stereocenters. The molecule has 2 aromatic rings. The topological polar surface area (TPSA) is 12.9 Å². The van der Waals surface area contributed by atoms with Crippen LogP contribution >= 0.6 is 22.7 Å². The van der Waals surface area contributed by atoms with Crippen molar-refractivity contribution in [1.29, 1.82) is 0 Å². The summed E-state index contributed by atoms with van der Waals surface area (Å²) in [5.74, 6) is 0. The van der Waals surface area contributed by atoms with Crippen LogP contribution in [0.4, 0.5) is 0 Å². The van der Waals surface area contributed by atoms with Crippen LogP contribution in [0.15, 0.2) is 29.1 Å². The van der Waals surface area contributed by atoms with Gasteiger partial charge in [0.25, 0.3) is 0 Å². The third-order valence-corrected chi connectivity index (χ3v) is 2.88. The zero-order chi connectivity index (χ0) is 7.68. The maximum absolute atomic E-state index is 7.22. The third kappa shape index (κ3) is 0.978. The first-order chi connectivity index (χ1) is 5.36. The van der Waals surface area contributed by atoms with Gasteiger partial charge in [0.1, 0.15) is 5.01 Å². The molecule has 2 rings (SSSR count). The normalized spacial score (nSPS) is 11.4. The van der Waals surface area contributed by atoms with Gasteiger partial charge in [-0.15, -0.1) is 22.7 Å². The fourth-order valence-corrected chi connectivity index (χ4v) is 2.11. The van der Waals surface area contributed by atoms with E-state index in [-0.39, 0.29) is 0 Å². The molecule has 0 unspecified atom stereocenters. The average Bonchev–Trinajstić information content (AvgIpc) is 2.55. The summed E-state index contributed by atoms with van der Waals surface area (Å²) in [6.45, 7) is 0. The van der Waals surface area contributed by atoms with Crippen LogP contribution < -0.4 is 0 Å². The van der Waals surface area contributed by atoms with Gasteiger partial charge in [-0.3, -0.25) is 0 Å². The van der Waals surface area contributed by atoms with Crippen LogP contribution in [0.2, 0.25) is 0 Å². The molecule has 2 aromatic heterocycles. The second-order valence-electron chi connectivity index (χ2n) is 1.76. The number of nitrogens with zero attached hydrogens (tertiary/aromatic N) is 1. The molecule has 50 valence electrons. The van der Waals surface area contributed by atoms with Crippen molar-refractivity contribution in [2.45, 2.75) is 0 Å². The van der Waals surface area contributed by atoms with Crippen molar-refractivity contribution in [2.75, 3.05) is 0 Å². The minimum atomic E-state index is 0.360. The largest absolute Gasteiger partial charge is 0.244 e. The van der Waals surface area contributed by atoms with Crippen LogP contribution in [0, 0.1) is 0 Å². The van der Waals surface area contributed by atoms with E-state index in [2.05, 4.69) is 4.98 Å². The van der Waals surface area contributed by atoms with Crippen molar-refractivity contribution in [3.63, 3.8) is 0 Å². The van der Waals surface area contributed by atoms with E-state index in [0.29, 0.717) is 6.17 Å². The van der Waals surface area contributed by atoms with Crippen molar-refractivity contribution in [1.82, 2.24) is 4.98 Å². The van der Waals surface area contributed by atoms with Gasteiger partial charge >= 0.3 is 0 Å². The molecule has 0 aromatic carbocycles. The van der Waals surface area contributed by atoms with Crippen molar-refractivity contribution >= 4 is 22.7 Å². The maximum Gasteiger partial charge on any atom is 0.133 e. The summed E-state index contributed by atoms with van der Waals surface area (Å²) >= 11 is 3.17. The second kappa shape index (κ2) is 2.52. The van der Waals surface area contributed by atoms with Crippen LogP contribution in [0.1, 0.15) is 1.37 Å². The Morgan fingerprint density at radius 2 is 2.40 bits per heavy atom. The molecule has 0 radical (unpaired) electrons. The highest BCUT2D eigenvalue weighted by Crippen LogP contribution is 2.25. The summed E-state index contributed by atoms with van der Waals surface area (Å²) in [5.41, 5.74) is 0. The summed E-state index contributed by atoms with van der Waals surface area (Å²) in [6, 6.07) is 4.01. The molecule has 0 amide bonds. The van der Waals surface area contributed by atoms with Gasteiger partial charge in [-0.2, -0.15) is 0 Å². The highest BCUT2D eigenvalue weighted by molar-refractivity contribution is 7.20. The quantitative estimate of drug-likeness (QED) is 0.638. The summed E-state index contributed by atoms with van der Waals surface area (Å²) in [4.78, 5) is 5.20. The number of hydrogen-bond acceptors (Lipinski definition) is 3. The molecule has 1 nitrogen and oxygen atoms in total. The zero-order valence-corrected chi connectivity index (χ0v) is 6.71. The Morgan fingerprint density at radius 3 is 3.00 bits per heavy atom. The maximum atomic E-state index is 7.22. The van der Waals surface area contributed by atoms with Gasteiger partial charge in [-0.05, 0) is 11.4 Å². The molecule has 0 saturated carbocycles. The summed E-state index contributed by atoms with van der Waals surface area (Å²) in [7, 11) is 0. The molecule has 3 heteroatoms. The lowest BCUT2D eigenvalue weighted by molar-refractivity contribution is 1.43. The number of rotatable bonds is 1. The van der Waals surface area contributed by atoms with Gasteiger partial charge in [0, 0.05) is 11.6 Å². The lowest BCUT2D eigenvalue weighted by Crippen LogP contribution is -1.63. The Kier molecular flexibility index (Phi) is 1.27. The predicted octanol–water partition coefficient (Wildman–Crippen LogP) is 2.87. The third-order valence-electron chi connectivity index (χ3n) is 1.12. The molecule has 0 fully saturated rings. The highest BCUT2D eigenvalue weighted by Gasteiger charge is 1.98. The van der Waals surface area contributed by atoms with Crippen LogP contribution in [-0.4, -0.2) is 4.98 Å². The van der Waals surface area contributed by atoms with Crippen LogP contribution in [0.3, 0.4) is 0 Å². The van der Waals surface area contributed by atoms with Crippen molar-refractivity contribution in [2.24, 2.45) is 0 Å². The first-order valence-electron chi connectivity index (χ1n) is 3.32. The zero-order valence-electron chi connectivity index (χ0n) is 6.07. The Labute approximate surface area is 68.4 Å². The Bertz CT molecular complexity index is 339. The van der Waals surface area contributed by atoms with E-state index in [0.717, 1.165) is 9.88 Å². The molecular formula is C7H5NS2. The number of thiophene rings is 1. The average molecular weight is 168 g/mol. The minimum absolute atomic E-state index is 0.360. The van der Waals surface area contributed by atoms with E-state index in [9.17, 15) is 0 Å². The SMILES string of the molecule is [2H]c1csc(-c2cccs2)n1. The minimum Gasteiger partial charge on any atom is -0.244 e. The van der Waals surface area contributed by atoms with Crippen LogP contribution in [0.25, 0.3) is 9.88 Å². The summed E-state index contributed by atoms with van der Waals surface area (Å²) in [5, 5.41) is 4.71. The summed E-state index contributed by atoms with van der Waals surface area (Å²) < 4.78 is 7.22. The first-order valence-corrected chi connectivity index (χ1v) is 4.58. The fourth-order valence-electron chi connectivity index (χ4n) is 0.707. The highest BCUT2D eigenvalue weighted by atomic mass is 32.1. The lowest BCUT2D eigenvalue weighted by Gasteiger charge is -1.83. The van der Waals surface area contributed by atoms with E-state index >= 15 is 0 Å². The molecule has 0 aliphatic rings. The van der Waals surface area contributed by atoms with Crippen LogP contribution in [-0.2, 0) is 0 Å². The van der Waals surface area contributed by atoms with E-state index in [1.807, 2.05) is 17.5 Å². The smallest absolute Gasteiger partial charge is 0.133 e. The van der Waals surface area contributed by atoms with Gasteiger partial charge < -0.3 is 0 Å². The van der Waals surface area contributed by atoms with Gasteiger partial charge in [0.15, 0.2) is 0 Å². The van der Waals surface area contributed by atoms with Gasteiger partial charge in [-0.25, -0.2) is 4.98 Å². The van der Waals surface area contributed by atoms with Crippen molar-refractivity contribution < 1.29 is 1.37 Å². The van der Waals surface area contributed by atoms with Gasteiger partial charge in [0.05, 0.1) is 6.25 Å². The summed E-state index contributed by atoms with van der Waals surface area (Å²) in [6.07, 6.45) is 0.360. The molecule has 2 heterocycles. The lowest BCUT2D eigenvalue weighted by atomic mass is 10.5. The van der Waals surface area contributed by atoms with E-state index in [1.165, 1.54) is 11.3 Å². The Morgan fingerprint density at radius 1 is 1.40 bits per heavy atom. The van der Waals surface area contributed by atoms with E-state index in [4.69, 9.17) is 1.37 Å². The monoisotopic (exact) mass is 168 g/mol. The van der Waals surface area contributed by atoms with Crippen LogP contribution in [0.5, 0.6) is 0 Å². The van der Waals surface area contributed by atoms with Gasteiger partial charge in [-0.1, -0.05) is 6.07 Å². The van der Waals surface area contributed by atoms with E-state index < -0.39 is 0 Å². The second-order valence-corrected chi connectivity index (χ2v) is 3.56. The number of hydrogen-bond donors (Lipinski definition) is 0. The van der Waals surface area contributed by atoms with E-state index in [1.54, 1.807) is 16.7 Å². The molecule has 0 N–H and O–H groups in total. The number of thiazole rings is 1. The number of aromatic nitrogens is 1. The molecule has 0 spiro atoms. The molecule has 0 bridgehead atoms.